The molecule has 134 valence electrons. The molecule has 7 nitrogen and oxygen atoms in total. The van der Waals surface area contributed by atoms with E-state index in [9.17, 15) is 4.79 Å². The summed E-state index contributed by atoms with van der Waals surface area (Å²) in [5, 5.41) is 9.56. The van der Waals surface area contributed by atoms with Gasteiger partial charge in [-0.3, -0.25) is 4.79 Å². The van der Waals surface area contributed by atoms with E-state index in [2.05, 4.69) is 15.4 Å². The van der Waals surface area contributed by atoms with Crippen LogP contribution in [0.15, 0.2) is 23.7 Å². The van der Waals surface area contributed by atoms with Crippen molar-refractivity contribution < 1.29 is 4.79 Å². The number of nitrogens with two attached hydrogens (primary N) is 1. The normalized spacial score (nSPS) is 19.4. The highest BCUT2D eigenvalue weighted by Crippen LogP contribution is 2.29. The summed E-state index contributed by atoms with van der Waals surface area (Å²) in [6.07, 6.45) is 1.87. The van der Waals surface area contributed by atoms with Crippen molar-refractivity contribution >= 4 is 40.9 Å². The molecule has 25 heavy (non-hydrogen) atoms. The summed E-state index contributed by atoms with van der Waals surface area (Å²) in [7, 11) is 0. The van der Waals surface area contributed by atoms with Crippen LogP contribution in [0.4, 0.5) is 5.82 Å². The number of nitrogen functional groups attached to an aromatic ring is 1. The number of hydrogen-bond acceptors (Lipinski definition) is 7. The minimum Gasteiger partial charge on any atom is -0.384 e. The van der Waals surface area contributed by atoms with Crippen molar-refractivity contribution in [2.24, 2.45) is 0 Å². The monoisotopic (exact) mass is 378 g/mol. The zero-order valence-electron chi connectivity index (χ0n) is 14.3. The van der Waals surface area contributed by atoms with E-state index in [4.69, 9.17) is 5.73 Å². The van der Waals surface area contributed by atoms with Crippen LogP contribution in [0.2, 0.25) is 0 Å². The van der Waals surface area contributed by atoms with Gasteiger partial charge in [0.05, 0.1) is 0 Å². The number of anilines is 1. The molecule has 3 N–H and O–H groups in total. The molecule has 0 spiro atoms. The van der Waals surface area contributed by atoms with Gasteiger partial charge in [-0.15, -0.1) is 5.10 Å². The fourth-order valence-electron chi connectivity index (χ4n) is 2.63. The zero-order chi connectivity index (χ0) is 17.8. The van der Waals surface area contributed by atoms with Gasteiger partial charge >= 0.3 is 0 Å². The average Bonchev–Trinajstić information content (AvgIpc) is 3.33. The number of carbonyl (C=O) groups excluding carboxylic acids is 1. The highest BCUT2D eigenvalue weighted by atomic mass is 32.2. The summed E-state index contributed by atoms with van der Waals surface area (Å²) < 4.78 is 1.58. The van der Waals surface area contributed by atoms with E-state index in [1.54, 1.807) is 28.4 Å². The van der Waals surface area contributed by atoms with E-state index in [1.807, 2.05) is 42.1 Å². The van der Waals surface area contributed by atoms with Crippen LogP contribution in [0.1, 0.15) is 35.4 Å². The number of carbonyl (C=O) groups is 1. The summed E-state index contributed by atoms with van der Waals surface area (Å²) in [6, 6.07) is 3.45. The maximum Gasteiger partial charge on any atom is 0.254 e. The molecule has 1 amide bonds. The van der Waals surface area contributed by atoms with E-state index in [0.717, 1.165) is 24.6 Å². The Kier molecular flexibility index (Phi) is 5.74. The smallest absolute Gasteiger partial charge is 0.254 e. The van der Waals surface area contributed by atoms with Crippen LogP contribution in [0.25, 0.3) is 5.65 Å². The Morgan fingerprint density at radius 2 is 2.08 bits per heavy atom. The molecule has 9 heteroatoms. The van der Waals surface area contributed by atoms with Crippen LogP contribution in [0.3, 0.4) is 0 Å². The molecule has 1 fully saturated rings. The number of hydrogen-bond donors (Lipinski definition) is 2. The van der Waals surface area contributed by atoms with Crippen molar-refractivity contribution in [1.29, 1.82) is 0 Å². The third kappa shape index (κ3) is 3.72. The Morgan fingerprint density at radius 3 is 2.76 bits per heavy atom. The van der Waals surface area contributed by atoms with Crippen LogP contribution in [0.5, 0.6) is 0 Å². The number of amides is 1. The predicted octanol–water partition coefficient (Wildman–Crippen LogP) is 2.33. The van der Waals surface area contributed by atoms with Gasteiger partial charge in [0, 0.05) is 36.4 Å². The third-order valence-corrected chi connectivity index (χ3v) is 5.65. The van der Waals surface area contributed by atoms with Crippen molar-refractivity contribution in [3.63, 3.8) is 0 Å². The largest absolute Gasteiger partial charge is 0.384 e. The van der Waals surface area contributed by atoms with Crippen molar-refractivity contribution in [1.82, 2.24) is 24.8 Å². The summed E-state index contributed by atoms with van der Waals surface area (Å²) in [4.78, 5) is 19.0. The molecular formula is C16H22N6OS2. The Morgan fingerprint density at radius 1 is 1.32 bits per heavy atom. The highest BCUT2D eigenvalue weighted by molar-refractivity contribution is 8.02. The zero-order valence-corrected chi connectivity index (χ0v) is 15.9. The number of fused-ring (bicyclic) bond motifs is 1. The van der Waals surface area contributed by atoms with Crippen LogP contribution in [-0.4, -0.2) is 50.0 Å². The molecular weight excluding hydrogens is 356 g/mol. The lowest BCUT2D eigenvalue weighted by atomic mass is 10.2. The molecule has 1 unspecified atom stereocenters. The van der Waals surface area contributed by atoms with Crippen molar-refractivity contribution in [3.05, 3.63) is 35.1 Å². The SMILES string of the molecule is CC.Nc1cc(C(=O)N2CCSCC2)cc2nc(C3NC=CS3)nn12. The van der Waals surface area contributed by atoms with E-state index < -0.39 is 0 Å². The summed E-state index contributed by atoms with van der Waals surface area (Å²) in [6.45, 7) is 5.56. The van der Waals surface area contributed by atoms with Crippen molar-refractivity contribution in [2.45, 2.75) is 19.2 Å². The van der Waals surface area contributed by atoms with Gasteiger partial charge in [-0.1, -0.05) is 25.6 Å². The molecule has 4 rings (SSSR count). The molecule has 0 saturated carbocycles. The molecule has 2 aromatic heterocycles. The first kappa shape index (κ1) is 17.9. The summed E-state index contributed by atoms with van der Waals surface area (Å²) >= 11 is 3.48. The average molecular weight is 379 g/mol. The number of nitrogens with zero attached hydrogens (tertiary/aromatic N) is 4. The van der Waals surface area contributed by atoms with Crippen LogP contribution in [-0.2, 0) is 0 Å². The van der Waals surface area contributed by atoms with Crippen LogP contribution < -0.4 is 11.1 Å². The van der Waals surface area contributed by atoms with Gasteiger partial charge in [0.15, 0.2) is 11.5 Å². The molecule has 2 aromatic rings. The Hall–Kier alpha value is -1.87. The Bertz CT molecular complexity index is 776. The number of pyridine rings is 1. The second kappa shape index (κ2) is 8.01. The number of nitrogens with one attached hydrogen (secondary N) is 1. The van der Waals surface area contributed by atoms with Crippen LogP contribution >= 0.6 is 23.5 Å². The molecule has 0 aliphatic carbocycles. The first-order chi connectivity index (χ1) is 12.2. The number of aromatic nitrogens is 3. The maximum atomic E-state index is 12.6. The molecule has 0 bridgehead atoms. The third-order valence-electron chi connectivity index (χ3n) is 3.79. The standard InChI is InChI=1S/C14H16N6OS2.C2H6/c15-10-7-9(14(21)19-2-5-22-6-3-19)8-11-17-12(18-20(10)11)13-16-1-4-23-13;1-2/h1,4,7-8,13,16H,2-3,5-6,15H2;1-2H3. The van der Waals surface area contributed by atoms with Gasteiger partial charge in [-0.25, -0.2) is 4.98 Å². The van der Waals surface area contributed by atoms with Gasteiger partial charge in [0.25, 0.3) is 5.91 Å². The lowest BCUT2D eigenvalue weighted by molar-refractivity contribution is 0.0772. The summed E-state index contributed by atoms with van der Waals surface area (Å²) in [5.41, 5.74) is 7.26. The highest BCUT2D eigenvalue weighted by Gasteiger charge is 2.22. The minimum absolute atomic E-state index is 0.00688. The van der Waals surface area contributed by atoms with Gasteiger partial charge in [-0.05, 0) is 17.5 Å². The first-order valence-corrected chi connectivity index (χ1v) is 10.4. The number of thioether (sulfide) groups is 2. The fourth-order valence-corrected chi connectivity index (χ4v) is 4.22. The molecule has 1 saturated heterocycles. The van der Waals surface area contributed by atoms with Gasteiger partial charge in [0.2, 0.25) is 0 Å². The second-order valence-corrected chi connectivity index (χ2v) is 7.54. The van der Waals surface area contributed by atoms with E-state index >= 15 is 0 Å². The van der Waals surface area contributed by atoms with Crippen LogP contribution in [0, 0.1) is 0 Å². The number of rotatable bonds is 2. The summed E-state index contributed by atoms with van der Waals surface area (Å²) in [5.74, 6) is 3.06. The predicted molar refractivity (Wildman–Crippen MR) is 105 cm³/mol. The Balaban J connectivity index is 0.000000880. The molecule has 2 aliphatic rings. The molecule has 0 radical (unpaired) electrons. The lowest BCUT2D eigenvalue weighted by Gasteiger charge is -2.26. The van der Waals surface area contributed by atoms with Crippen molar-refractivity contribution in [3.8, 4) is 0 Å². The maximum absolute atomic E-state index is 12.6. The topological polar surface area (TPSA) is 88.5 Å². The lowest BCUT2D eigenvalue weighted by Crippen LogP contribution is -2.38. The van der Waals surface area contributed by atoms with E-state index in [1.165, 1.54) is 0 Å². The van der Waals surface area contributed by atoms with Gasteiger partial charge < -0.3 is 16.0 Å². The van der Waals surface area contributed by atoms with Gasteiger partial charge in [0.1, 0.15) is 11.2 Å². The second-order valence-electron chi connectivity index (χ2n) is 5.30. The minimum atomic E-state index is -0.00688. The molecule has 1 atom stereocenters. The van der Waals surface area contributed by atoms with E-state index in [-0.39, 0.29) is 11.3 Å². The fraction of sp³-hybridized carbons (Fsp3) is 0.438. The quantitative estimate of drug-likeness (QED) is 0.829. The molecule has 0 aromatic carbocycles. The molecule has 4 heterocycles. The first-order valence-electron chi connectivity index (χ1n) is 8.32. The van der Waals surface area contributed by atoms with Gasteiger partial charge in [-0.2, -0.15) is 16.3 Å². The van der Waals surface area contributed by atoms with E-state index in [0.29, 0.717) is 22.9 Å². The molecule has 2 aliphatic heterocycles. The Labute approximate surface area is 155 Å². The van der Waals surface area contributed by atoms with Crippen molar-refractivity contribution in [2.75, 3.05) is 30.3 Å².